The first-order chi connectivity index (χ1) is 15.0. The third-order valence-electron chi connectivity index (χ3n) is 6.26. The molecule has 0 amide bonds. The second kappa shape index (κ2) is 12.3. The predicted molar refractivity (Wildman–Crippen MR) is 121 cm³/mol. The summed E-state index contributed by atoms with van der Waals surface area (Å²) in [6.45, 7) is 4.03. The van der Waals surface area contributed by atoms with Crippen LogP contribution in [-0.4, -0.2) is 42.1 Å². The average molecular weight is 431 g/mol. The predicted octanol–water partition coefficient (Wildman–Crippen LogP) is 5.07. The van der Waals surface area contributed by atoms with Crippen molar-refractivity contribution in [2.75, 3.05) is 6.61 Å². The zero-order valence-corrected chi connectivity index (χ0v) is 18.9. The lowest BCUT2D eigenvalue weighted by Gasteiger charge is -2.23. The second-order valence-corrected chi connectivity index (χ2v) is 9.14. The molecule has 1 aromatic rings. The van der Waals surface area contributed by atoms with Gasteiger partial charge in [0.1, 0.15) is 18.5 Å². The zero-order chi connectivity index (χ0) is 22.1. The van der Waals surface area contributed by atoms with Crippen LogP contribution in [0.3, 0.4) is 0 Å². The molecule has 3 rings (SSSR count). The molecule has 1 aliphatic heterocycles. The fourth-order valence-corrected chi connectivity index (χ4v) is 4.80. The molecule has 5 atom stereocenters. The van der Waals surface area contributed by atoms with Gasteiger partial charge >= 0.3 is 5.97 Å². The Labute approximate surface area is 186 Å². The summed E-state index contributed by atoms with van der Waals surface area (Å²) in [4.78, 5) is 11.7. The Bertz CT molecular complexity index is 686. The van der Waals surface area contributed by atoms with Gasteiger partial charge in [-0.3, -0.25) is 4.79 Å². The van der Waals surface area contributed by atoms with Gasteiger partial charge in [-0.25, -0.2) is 0 Å². The molecule has 2 fully saturated rings. The van der Waals surface area contributed by atoms with Gasteiger partial charge in [0.2, 0.25) is 0 Å². The lowest BCUT2D eigenvalue weighted by molar-refractivity contribution is -0.147. The highest BCUT2D eigenvalue weighted by Gasteiger charge is 2.38. The van der Waals surface area contributed by atoms with E-state index in [-0.39, 0.29) is 24.8 Å². The highest BCUT2D eigenvalue weighted by molar-refractivity contribution is 5.69. The van der Waals surface area contributed by atoms with Crippen LogP contribution >= 0.6 is 0 Å². The van der Waals surface area contributed by atoms with E-state index in [1.165, 1.54) is 6.42 Å². The van der Waals surface area contributed by atoms with Crippen LogP contribution in [0, 0.1) is 11.8 Å². The zero-order valence-electron chi connectivity index (χ0n) is 18.9. The van der Waals surface area contributed by atoms with Crippen LogP contribution in [0.2, 0.25) is 0 Å². The van der Waals surface area contributed by atoms with Crippen LogP contribution in [0.5, 0.6) is 5.75 Å². The Morgan fingerprint density at radius 2 is 2.00 bits per heavy atom. The topological polar surface area (TPSA) is 65.0 Å². The Balaban J connectivity index is 1.40. The van der Waals surface area contributed by atoms with Gasteiger partial charge in [0, 0.05) is 6.42 Å². The monoisotopic (exact) mass is 430 g/mol. The first kappa shape index (κ1) is 23.8. The molecule has 172 valence electrons. The van der Waals surface area contributed by atoms with Crippen molar-refractivity contribution in [3.8, 4) is 5.75 Å². The van der Waals surface area contributed by atoms with E-state index in [1.54, 1.807) is 0 Å². The molecule has 1 aliphatic carbocycles. The smallest absolute Gasteiger partial charge is 0.306 e. The number of aliphatic hydroxyl groups is 1. The molecule has 0 bridgehead atoms. The first-order valence-corrected chi connectivity index (χ1v) is 11.9. The Morgan fingerprint density at radius 3 is 2.77 bits per heavy atom. The van der Waals surface area contributed by atoms with Crippen LogP contribution in [0.1, 0.15) is 65.2 Å². The van der Waals surface area contributed by atoms with E-state index in [0.29, 0.717) is 24.4 Å². The van der Waals surface area contributed by atoms with Crippen LogP contribution in [0.25, 0.3) is 0 Å². The fourth-order valence-electron chi connectivity index (χ4n) is 4.80. The summed E-state index contributed by atoms with van der Waals surface area (Å²) in [7, 11) is 0. The minimum atomic E-state index is -0.607. The highest BCUT2D eigenvalue weighted by atomic mass is 16.5. The van der Waals surface area contributed by atoms with Crippen LogP contribution in [-0.2, 0) is 14.3 Å². The minimum Gasteiger partial charge on any atom is -0.491 e. The molecule has 31 heavy (non-hydrogen) atoms. The van der Waals surface area contributed by atoms with Crippen LogP contribution in [0.4, 0.5) is 0 Å². The van der Waals surface area contributed by atoms with E-state index in [2.05, 4.69) is 6.08 Å². The summed E-state index contributed by atoms with van der Waals surface area (Å²) in [5.74, 6) is 1.64. The molecular formula is C26H38O5. The summed E-state index contributed by atoms with van der Waals surface area (Å²) in [6.07, 6.45) is 11.7. The van der Waals surface area contributed by atoms with Crippen molar-refractivity contribution in [3.05, 3.63) is 42.5 Å². The van der Waals surface area contributed by atoms with Gasteiger partial charge in [-0.2, -0.15) is 0 Å². The summed E-state index contributed by atoms with van der Waals surface area (Å²) >= 11 is 0. The number of carbonyl (C=O) groups is 1. The minimum absolute atomic E-state index is 0.0470. The molecule has 0 unspecified atom stereocenters. The van der Waals surface area contributed by atoms with E-state index in [9.17, 15) is 9.90 Å². The molecule has 2 aliphatic rings. The molecule has 0 aromatic heterocycles. The summed E-state index contributed by atoms with van der Waals surface area (Å²) < 4.78 is 17.3. The molecule has 5 nitrogen and oxygen atoms in total. The van der Waals surface area contributed by atoms with E-state index >= 15 is 0 Å². The van der Waals surface area contributed by atoms with E-state index in [0.717, 1.165) is 44.3 Å². The standard InChI is InChI=1S/C26H38O5/c1-19(2)30-26(28)13-7-11-23-10-6-12-24-20(15-17-25(24)31-23)14-16-21(27)18-29-22-8-4-3-5-9-22/h3-5,8-9,14,16,19-21,23-25,27H,6-7,10-13,15,17-18H2,1-2H3/b16-14+/t20-,21+,23-,24+,25-/m0/s1. The normalized spacial score (nSPS) is 27.1. The van der Waals surface area contributed by atoms with Gasteiger partial charge in [-0.15, -0.1) is 0 Å². The number of ether oxygens (including phenoxy) is 3. The largest absolute Gasteiger partial charge is 0.491 e. The molecule has 0 radical (unpaired) electrons. The van der Waals surface area contributed by atoms with E-state index < -0.39 is 6.10 Å². The van der Waals surface area contributed by atoms with Crippen molar-refractivity contribution >= 4 is 5.97 Å². The van der Waals surface area contributed by atoms with E-state index in [1.807, 2.05) is 50.3 Å². The molecule has 0 spiro atoms. The molecule has 1 N–H and O–H groups in total. The number of fused-ring (bicyclic) bond motifs is 1. The van der Waals surface area contributed by atoms with E-state index in [4.69, 9.17) is 14.2 Å². The SMILES string of the molecule is CC(C)OC(=O)CCC[C@@H]1CCC[C@H]2[C@H](CC[C@@H]2/C=C/[C@@H](O)COc2ccccc2)O1. The van der Waals surface area contributed by atoms with Crippen molar-refractivity contribution in [2.24, 2.45) is 11.8 Å². The number of esters is 1. The second-order valence-electron chi connectivity index (χ2n) is 9.14. The number of hydrogen-bond donors (Lipinski definition) is 1. The van der Waals surface area contributed by atoms with Crippen molar-refractivity contribution in [2.45, 2.75) is 89.6 Å². The summed E-state index contributed by atoms with van der Waals surface area (Å²) in [6, 6.07) is 9.58. The van der Waals surface area contributed by atoms with Crippen molar-refractivity contribution < 1.29 is 24.1 Å². The lowest BCUT2D eigenvalue weighted by Crippen LogP contribution is -2.24. The van der Waals surface area contributed by atoms with Gasteiger partial charge in [0.15, 0.2) is 0 Å². The third-order valence-corrected chi connectivity index (χ3v) is 6.26. The molecular weight excluding hydrogens is 392 g/mol. The maximum absolute atomic E-state index is 11.7. The Kier molecular flexibility index (Phi) is 9.41. The molecule has 1 aromatic carbocycles. The Hall–Kier alpha value is -1.85. The number of benzene rings is 1. The number of aliphatic hydroxyl groups excluding tert-OH is 1. The maximum Gasteiger partial charge on any atom is 0.306 e. The summed E-state index contributed by atoms with van der Waals surface area (Å²) in [5.41, 5.74) is 0. The molecule has 1 saturated carbocycles. The first-order valence-electron chi connectivity index (χ1n) is 11.9. The van der Waals surface area contributed by atoms with Crippen LogP contribution < -0.4 is 4.74 Å². The Morgan fingerprint density at radius 1 is 1.19 bits per heavy atom. The average Bonchev–Trinajstić information content (AvgIpc) is 3.00. The third kappa shape index (κ3) is 7.97. The van der Waals surface area contributed by atoms with Gasteiger partial charge in [-0.1, -0.05) is 36.8 Å². The molecule has 1 heterocycles. The number of rotatable bonds is 10. The van der Waals surface area contributed by atoms with Gasteiger partial charge in [0.05, 0.1) is 18.3 Å². The number of carbonyl (C=O) groups excluding carboxylic acids is 1. The molecule has 1 saturated heterocycles. The lowest BCUT2D eigenvalue weighted by atomic mass is 9.89. The molecule has 5 heteroatoms. The highest BCUT2D eigenvalue weighted by Crippen LogP contribution is 2.42. The summed E-state index contributed by atoms with van der Waals surface area (Å²) in [5, 5.41) is 10.3. The van der Waals surface area contributed by atoms with Crippen molar-refractivity contribution in [1.82, 2.24) is 0 Å². The van der Waals surface area contributed by atoms with Gasteiger partial charge in [-0.05, 0) is 76.3 Å². The van der Waals surface area contributed by atoms with Gasteiger partial charge in [0.25, 0.3) is 0 Å². The number of allylic oxidation sites excluding steroid dienone is 1. The van der Waals surface area contributed by atoms with Gasteiger partial charge < -0.3 is 19.3 Å². The van der Waals surface area contributed by atoms with Crippen LogP contribution in [0.15, 0.2) is 42.5 Å². The number of para-hydroxylation sites is 1. The fraction of sp³-hybridized carbons (Fsp3) is 0.654. The maximum atomic E-state index is 11.7. The van der Waals surface area contributed by atoms with Crippen molar-refractivity contribution in [1.29, 1.82) is 0 Å². The number of hydrogen-bond acceptors (Lipinski definition) is 5. The van der Waals surface area contributed by atoms with Crippen molar-refractivity contribution in [3.63, 3.8) is 0 Å². The quantitative estimate of drug-likeness (QED) is 0.415.